The van der Waals surface area contributed by atoms with E-state index in [1.165, 1.54) is 11.8 Å². The number of hydrogen-bond donors (Lipinski definition) is 2. The Morgan fingerprint density at radius 3 is 2.57 bits per heavy atom. The minimum atomic E-state index is -0.400. The van der Waals surface area contributed by atoms with Crippen LogP contribution in [-0.4, -0.2) is 34.4 Å². The van der Waals surface area contributed by atoms with E-state index in [9.17, 15) is 9.90 Å². The first-order chi connectivity index (χ1) is 11.1. The number of aliphatic hydroxyl groups is 1. The summed E-state index contributed by atoms with van der Waals surface area (Å²) >= 11 is 1.49. The lowest BCUT2D eigenvalue weighted by molar-refractivity contribution is -0.118. The van der Waals surface area contributed by atoms with Crippen LogP contribution in [0.5, 0.6) is 0 Å². The van der Waals surface area contributed by atoms with Crippen LogP contribution in [-0.2, 0) is 4.79 Å². The molecule has 1 aromatic carbocycles. The highest BCUT2D eigenvalue weighted by molar-refractivity contribution is 8.00. The van der Waals surface area contributed by atoms with Crippen LogP contribution in [0.1, 0.15) is 24.8 Å². The molecule has 5 heteroatoms. The highest BCUT2D eigenvalue weighted by atomic mass is 32.2. The normalized spacial score (nSPS) is 13.3. The predicted octanol–water partition coefficient (Wildman–Crippen LogP) is 2.84. The molecule has 0 saturated heterocycles. The van der Waals surface area contributed by atoms with Gasteiger partial charge in [0.05, 0.1) is 11.9 Å². The molecular formula is C18H22N2O2S. The van der Waals surface area contributed by atoms with Crippen molar-refractivity contribution in [2.24, 2.45) is 0 Å². The van der Waals surface area contributed by atoms with Crippen molar-refractivity contribution in [3.63, 3.8) is 0 Å². The highest BCUT2D eigenvalue weighted by Gasteiger charge is 2.15. The van der Waals surface area contributed by atoms with Crippen LogP contribution in [0.4, 0.5) is 0 Å². The molecule has 2 N–H and O–H groups in total. The fourth-order valence-corrected chi connectivity index (χ4v) is 3.06. The number of carbonyl (C=O) groups is 1. The molecule has 0 saturated carbocycles. The van der Waals surface area contributed by atoms with Crippen LogP contribution in [0.2, 0.25) is 0 Å². The summed E-state index contributed by atoms with van der Waals surface area (Å²) in [6, 6.07) is 13.8. The van der Waals surface area contributed by atoms with Crippen LogP contribution in [0.15, 0.2) is 59.8 Å². The minimum absolute atomic E-state index is 0.00154. The van der Waals surface area contributed by atoms with Gasteiger partial charge in [0.2, 0.25) is 5.91 Å². The van der Waals surface area contributed by atoms with Crippen LogP contribution < -0.4 is 5.32 Å². The van der Waals surface area contributed by atoms with Gasteiger partial charge >= 0.3 is 0 Å². The van der Waals surface area contributed by atoms with E-state index in [4.69, 9.17) is 0 Å². The molecule has 0 aliphatic heterocycles. The number of nitrogens with zero attached hydrogens (tertiary/aromatic N) is 1. The van der Waals surface area contributed by atoms with Gasteiger partial charge in [0.1, 0.15) is 0 Å². The van der Waals surface area contributed by atoms with E-state index in [0.717, 1.165) is 10.5 Å². The van der Waals surface area contributed by atoms with Gasteiger partial charge in [0.15, 0.2) is 0 Å². The third-order valence-corrected chi connectivity index (χ3v) is 4.47. The first kappa shape index (κ1) is 17.5. The van der Waals surface area contributed by atoms with E-state index in [1.54, 1.807) is 19.3 Å². The molecule has 0 spiro atoms. The van der Waals surface area contributed by atoms with Crippen molar-refractivity contribution in [3.8, 4) is 0 Å². The summed E-state index contributed by atoms with van der Waals surface area (Å²) in [5.41, 5.74) is 1.13. The van der Waals surface area contributed by atoms with Crippen molar-refractivity contribution in [1.82, 2.24) is 10.3 Å². The Bertz CT molecular complexity index is 590. The van der Waals surface area contributed by atoms with E-state index >= 15 is 0 Å². The first-order valence-corrected chi connectivity index (χ1v) is 8.66. The number of nitrogens with one attached hydrogen (secondary N) is 1. The fourth-order valence-electron chi connectivity index (χ4n) is 2.35. The Morgan fingerprint density at radius 2 is 1.91 bits per heavy atom. The topological polar surface area (TPSA) is 62.2 Å². The van der Waals surface area contributed by atoms with Crippen LogP contribution in [0.3, 0.4) is 0 Å². The van der Waals surface area contributed by atoms with Crippen molar-refractivity contribution in [2.45, 2.75) is 30.3 Å². The molecule has 1 amide bonds. The maximum Gasteiger partial charge on any atom is 0.230 e. The zero-order valence-corrected chi connectivity index (χ0v) is 14.0. The zero-order chi connectivity index (χ0) is 16.5. The van der Waals surface area contributed by atoms with Crippen LogP contribution in [0.25, 0.3) is 0 Å². The van der Waals surface area contributed by atoms with E-state index in [1.807, 2.05) is 42.5 Å². The lowest BCUT2D eigenvalue weighted by Crippen LogP contribution is -2.31. The second-order valence-corrected chi connectivity index (χ2v) is 6.52. The van der Waals surface area contributed by atoms with Gasteiger partial charge < -0.3 is 10.4 Å². The molecule has 1 heterocycles. The van der Waals surface area contributed by atoms with Gasteiger partial charge in [0, 0.05) is 29.8 Å². The number of thioether (sulfide) groups is 1. The van der Waals surface area contributed by atoms with Crippen molar-refractivity contribution in [1.29, 1.82) is 0 Å². The van der Waals surface area contributed by atoms with E-state index < -0.39 is 6.10 Å². The molecule has 0 aliphatic rings. The monoisotopic (exact) mass is 330 g/mol. The maximum absolute atomic E-state index is 12.0. The molecule has 0 bridgehead atoms. The Morgan fingerprint density at radius 1 is 1.22 bits per heavy atom. The molecule has 2 atom stereocenters. The van der Waals surface area contributed by atoms with Gasteiger partial charge in [-0.05, 0) is 31.0 Å². The third-order valence-electron chi connectivity index (χ3n) is 3.46. The summed E-state index contributed by atoms with van der Waals surface area (Å²) in [7, 11) is 0. The van der Waals surface area contributed by atoms with E-state index in [-0.39, 0.29) is 11.8 Å². The van der Waals surface area contributed by atoms with Gasteiger partial charge in [-0.15, -0.1) is 11.8 Å². The van der Waals surface area contributed by atoms with Crippen molar-refractivity contribution in [3.05, 3.63) is 60.4 Å². The van der Waals surface area contributed by atoms with Gasteiger partial charge in [-0.2, -0.15) is 0 Å². The van der Waals surface area contributed by atoms with E-state index in [2.05, 4.69) is 10.3 Å². The maximum atomic E-state index is 12.0. The highest BCUT2D eigenvalue weighted by Crippen LogP contribution is 2.21. The van der Waals surface area contributed by atoms with Crippen molar-refractivity contribution < 1.29 is 9.90 Å². The number of hydrogen-bond acceptors (Lipinski definition) is 4. The molecule has 23 heavy (non-hydrogen) atoms. The number of amides is 1. The van der Waals surface area contributed by atoms with Gasteiger partial charge in [-0.1, -0.05) is 30.3 Å². The lowest BCUT2D eigenvalue weighted by Gasteiger charge is -2.19. The molecule has 4 nitrogen and oxygen atoms in total. The molecule has 0 aliphatic carbocycles. The molecule has 2 rings (SSSR count). The van der Waals surface area contributed by atoms with Gasteiger partial charge in [0.25, 0.3) is 0 Å². The average Bonchev–Trinajstić information content (AvgIpc) is 2.58. The quantitative estimate of drug-likeness (QED) is 0.731. The lowest BCUT2D eigenvalue weighted by atomic mass is 9.93. The minimum Gasteiger partial charge on any atom is -0.393 e. The van der Waals surface area contributed by atoms with Crippen molar-refractivity contribution >= 4 is 17.7 Å². The first-order valence-electron chi connectivity index (χ1n) is 7.67. The Labute approximate surface area is 141 Å². The summed E-state index contributed by atoms with van der Waals surface area (Å²) in [4.78, 5) is 17.0. The predicted molar refractivity (Wildman–Crippen MR) is 93.5 cm³/mol. The summed E-state index contributed by atoms with van der Waals surface area (Å²) in [5, 5.41) is 12.6. The Kier molecular flexibility index (Phi) is 7.10. The SMILES string of the molecule is CC(O)CC(CNC(=O)CSc1ccncc1)c1ccccc1. The summed E-state index contributed by atoms with van der Waals surface area (Å²) in [6.45, 7) is 2.31. The second-order valence-electron chi connectivity index (χ2n) is 5.47. The molecular weight excluding hydrogens is 308 g/mol. The Hall–Kier alpha value is -1.85. The van der Waals surface area contributed by atoms with Crippen LogP contribution >= 0.6 is 11.8 Å². The third kappa shape index (κ3) is 6.42. The molecule has 1 aromatic heterocycles. The molecule has 2 unspecified atom stereocenters. The average molecular weight is 330 g/mol. The largest absolute Gasteiger partial charge is 0.393 e. The number of aromatic nitrogens is 1. The summed E-state index contributed by atoms with van der Waals surface area (Å²) in [6.07, 6.45) is 3.66. The molecule has 2 aromatic rings. The number of pyridine rings is 1. The van der Waals surface area contributed by atoms with Gasteiger partial charge in [-0.25, -0.2) is 0 Å². The zero-order valence-electron chi connectivity index (χ0n) is 13.2. The molecule has 0 radical (unpaired) electrons. The molecule has 0 fully saturated rings. The van der Waals surface area contributed by atoms with Gasteiger partial charge in [-0.3, -0.25) is 9.78 Å². The Balaban J connectivity index is 1.84. The summed E-state index contributed by atoms with van der Waals surface area (Å²) in [5.74, 6) is 0.490. The van der Waals surface area contributed by atoms with Crippen molar-refractivity contribution in [2.75, 3.05) is 12.3 Å². The number of carbonyl (C=O) groups excluding carboxylic acids is 1. The van der Waals surface area contributed by atoms with Crippen LogP contribution in [0, 0.1) is 0 Å². The fraction of sp³-hybridized carbons (Fsp3) is 0.333. The standard InChI is InChI=1S/C18H22N2O2S/c1-14(21)11-16(15-5-3-2-4-6-15)12-20-18(22)13-23-17-7-9-19-10-8-17/h2-10,14,16,21H,11-13H2,1H3,(H,20,22). The smallest absolute Gasteiger partial charge is 0.230 e. The number of benzene rings is 1. The van der Waals surface area contributed by atoms with E-state index in [0.29, 0.717) is 18.7 Å². The molecule has 122 valence electrons. The number of aliphatic hydroxyl groups excluding tert-OH is 1. The number of rotatable bonds is 8. The second kappa shape index (κ2) is 9.33. The summed E-state index contributed by atoms with van der Waals surface area (Å²) < 4.78 is 0.